The van der Waals surface area contributed by atoms with E-state index < -0.39 is 58.9 Å². The smallest absolute Gasteiger partial charge is 0.409 e. The van der Waals surface area contributed by atoms with Gasteiger partial charge in [0.15, 0.2) is 0 Å². The zero-order chi connectivity index (χ0) is 62.2. The number of piperidine rings is 3. The Morgan fingerprint density at radius 2 is 0.830 bits per heavy atom. The van der Waals surface area contributed by atoms with Crippen LogP contribution in [0.1, 0.15) is 137 Å². The van der Waals surface area contributed by atoms with Gasteiger partial charge in [0, 0.05) is 89.6 Å². The lowest BCUT2D eigenvalue weighted by Gasteiger charge is -2.32. The molecule has 3 aromatic heterocycles. The molecule has 3 saturated heterocycles. The number of carbonyl (C=O) groups is 3. The third kappa shape index (κ3) is 14.5. The molecule has 12 rings (SSSR count). The van der Waals surface area contributed by atoms with Crippen molar-refractivity contribution in [3.05, 3.63) is 195 Å². The molecule has 0 radical (unpaired) electrons. The maximum atomic E-state index is 13.2. The average Bonchev–Trinajstić information content (AvgIpc) is 2.14. The number of sulfonamides is 3. The molecule has 6 aliphatic rings. The van der Waals surface area contributed by atoms with Crippen molar-refractivity contribution >= 4 is 48.0 Å². The number of aliphatic hydroxyl groups excluding tert-OH is 2. The van der Waals surface area contributed by atoms with E-state index in [1.807, 2.05) is 72.8 Å². The maximum Gasteiger partial charge on any atom is 0.409 e. The van der Waals surface area contributed by atoms with Crippen LogP contribution in [0.15, 0.2) is 128 Å². The molecule has 2 unspecified atom stereocenters. The standard InChI is InChI=1S/C22H27N3O5S.C22H25N3O5S.C19H23N3O3S/c2*1-2-30-22(27)24-10-8-19(9-11-24)31(28,29)25-14-17-12-20(23-13-18(17)15-25)21(26)16-6-4-3-5-7-16;23-19(14-4-2-1-3-5-14)18-10-15-12-22(13-16(15)11-21-18)26(24,25)17-6-8-20-9-7-17/h3-7,12-13,19,21,26H,2,8-11,14-15H2,1H3;3-7,12-13,19H,2,8-11,14-15H2,1H3;1-5,10-11,17,19-20,23H,6-9,12-13H2. The van der Waals surface area contributed by atoms with Crippen LogP contribution in [0.2, 0.25) is 0 Å². The van der Waals surface area contributed by atoms with E-state index in [-0.39, 0.29) is 43.3 Å². The number of pyridine rings is 3. The van der Waals surface area contributed by atoms with Crippen LogP contribution in [0.5, 0.6) is 0 Å². The van der Waals surface area contributed by atoms with Gasteiger partial charge in [-0.15, -0.1) is 0 Å². The number of carbonyl (C=O) groups excluding carboxylic acids is 3. The Morgan fingerprint density at radius 3 is 1.22 bits per heavy atom. The van der Waals surface area contributed by atoms with Crippen molar-refractivity contribution in [3.63, 3.8) is 0 Å². The first kappa shape index (κ1) is 63.9. The summed E-state index contributed by atoms with van der Waals surface area (Å²) in [6.45, 7) is 8.83. The van der Waals surface area contributed by atoms with Gasteiger partial charge in [-0.1, -0.05) is 91.0 Å². The minimum Gasteiger partial charge on any atom is -0.450 e. The summed E-state index contributed by atoms with van der Waals surface area (Å²) in [5.74, 6) is -0.184. The van der Waals surface area contributed by atoms with Gasteiger partial charge in [-0.05, 0) is 128 Å². The normalized spacial score (nSPS) is 18.6. The summed E-state index contributed by atoms with van der Waals surface area (Å²) in [5.41, 5.74) is 8.64. The number of likely N-dealkylation sites (tertiary alicyclic amines) is 2. The molecule has 0 bridgehead atoms. The summed E-state index contributed by atoms with van der Waals surface area (Å²) in [4.78, 5) is 52.5. The van der Waals surface area contributed by atoms with E-state index in [4.69, 9.17) is 9.47 Å². The predicted molar refractivity (Wildman–Crippen MR) is 327 cm³/mol. The molecule has 2 amide bonds. The van der Waals surface area contributed by atoms with Crippen molar-refractivity contribution in [1.29, 1.82) is 0 Å². The van der Waals surface area contributed by atoms with Crippen LogP contribution in [-0.4, -0.2) is 159 Å². The average molecular weight is 1260 g/mol. The third-order valence-corrected chi connectivity index (χ3v) is 23.9. The van der Waals surface area contributed by atoms with Crippen molar-refractivity contribution in [2.45, 2.75) is 120 Å². The van der Waals surface area contributed by atoms with Gasteiger partial charge in [-0.3, -0.25) is 19.7 Å². The molecule has 2 atom stereocenters. The number of ketones is 1. The minimum absolute atomic E-state index is 0.184. The van der Waals surface area contributed by atoms with Crippen LogP contribution >= 0.6 is 0 Å². The van der Waals surface area contributed by atoms with Crippen molar-refractivity contribution in [3.8, 4) is 0 Å². The zero-order valence-electron chi connectivity index (χ0n) is 49.3. The zero-order valence-corrected chi connectivity index (χ0v) is 51.8. The molecule has 6 aliphatic heterocycles. The van der Waals surface area contributed by atoms with Crippen LogP contribution in [-0.2, 0) is 78.8 Å². The predicted octanol–water partition coefficient (Wildman–Crippen LogP) is 6.57. The fourth-order valence-corrected chi connectivity index (χ4v) is 17.6. The van der Waals surface area contributed by atoms with E-state index in [1.165, 1.54) is 8.61 Å². The van der Waals surface area contributed by atoms with Crippen molar-refractivity contribution < 1.29 is 59.3 Å². The number of aromatic nitrogens is 3. The second-order valence-electron chi connectivity index (χ2n) is 22.6. The highest BCUT2D eigenvalue weighted by Crippen LogP contribution is 2.35. The van der Waals surface area contributed by atoms with Crippen LogP contribution in [0.4, 0.5) is 9.59 Å². The summed E-state index contributed by atoms with van der Waals surface area (Å²) < 4.78 is 93.2. The molecule has 9 heterocycles. The van der Waals surface area contributed by atoms with Crippen LogP contribution < -0.4 is 5.32 Å². The van der Waals surface area contributed by atoms with E-state index in [9.17, 15) is 49.9 Å². The maximum absolute atomic E-state index is 13.2. The number of aliphatic hydroxyl groups is 2. The monoisotopic (exact) mass is 1260 g/mol. The molecule has 22 nitrogen and oxygen atoms in total. The number of rotatable bonds is 14. The van der Waals surface area contributed by atoms with E-state index in [0.29, 0.717) is 114 Å². The van der Waals surface area contributed by atoms with E-state index in [2.05, 4.69) is 20.3 Å². The summed E-state index contributed by atoms with van der Waals surface area (Å²) in [6.07, 6.45) is 5.38. The van der Waals surface area contributed by atoms with Gasteiger partial charge in [-0.25, -0.2) is 34.8 Å². The van der Waals surface area contributed by atoms with Gasteiger partial charge >= 0.3 is 12.2 Å². The number of ether oxygens (including phenoxy) is 2. The molecular weight excluding hydrogens is 1190 g/mol. The number of hydrogen-bond acceptors (Lipinski definition) is 17. The fourth-order valence-electron chi connectivity index (χ4n) is 11.9. The summed E-state index contributed by atoms with van der Waals surface area (Å²) >= 11 is 0. The van der Waals surface area contributed by atoms with Gasteiger partial charge in [0.25, 0.3) is 0 Å². The largest absolute Gasteiger partial charge is 0.450 e. The number of nitrogens with one attached hydrogen (secondary N) is 1. The molecule has 88 heavy (non-hydrogen) atoms. The third-order valence-electron chi connectivity index (χ3n) is 17.0. The lowest BCUT2D eigenvalue weighted by atomic mass is 10.0. The van der Waals surface area contributed by atoms with Crippen LogP contribution in [0.25, 0.3) is 0 Å². The lowest BCUT2D eigenvalue weighted by Crippen LogP contribution is -2.45. The highest BCUT2D eigenvalue weighted by Gasteiger charge is 2.41. The minimum atomic E-state index is -3.53. The van der Waals surface area contributed by atoms with Crippen LogP contribution in [0, 0.1) is 0 Å². The molecule has 3 aromatic carbocycles. The first-order chi connectivity index (χ1) is 42.3. The second-order valence-corrected chi connectivity index (χ2v) is 29.2. The molecular formula is C63H75N9O13S3. The molecule has 0 spiro atoms. The van der Waals surface area contributed by atoms with Gasteiger partial charge in [0.2, 0.25) is 35.9 Å². The molecule has 25 heteroatoms. The Bertz CT molecular complexity index is 3780. The first-order valence-corrected chi connectivity index (χ1v) is 34.4. The van der Waals surface area contributed by atoms with Gasteiger partial charge in [-0.2, -0.15) is 12.9 Å². The second kappa shape index (κ2) is 28.2. The summed E-state index contributed by atoms with van der Waals surface area (Å²) in [5, 5.41) is 23.0. The Morgan fingerprint density at radius 1 is 0.489 bits per heavy atom. The number of benzene rings is 3. The van der Waals surface area contributed by atoms with Crippen molar-refractivity contribution in [2.75, 3.05) is 52.5 Å². The van der Waals surface area contributed by atoms with E-state index in [1.54, 1.807) is 82.9 Å². The molecule has 3 N–H and O–H groups in total. The Labute approximate surface area is 514 Å². The molecule has 6 aromatic rings. The highest BCUT2D eigenvalue weighted by atomic mass is 32.2. The Balaban J connectivity index is 0.000000146. The Hall–Kier alpha value is -7.07. The number of fused-ring (bicyclic) bond motifs is 3. The molecule has 0 saturated carbocycles. The molecule has 468 valence electrons. The van der Waals surface area contributed by atoms with E-state index in [0.717, 1.165) is 57.6 Å². The van der Waals surface area contributed by atoms with Crippen LogP contribution in [0.3, 0.4) is 0 Å². The molecule has 0 aliphatic carbocycles. The lowest BCUT2D eigenvalue weighted by molar-refractivity contribution is 0.0990. The molecule has 3 fully saturated rings. The topological polar surface area (TPSA) is 279 Å². The van der Waals surface area contributed by atoms with Gasteiger partial charge < -0.3 is 34.8 Å². The fraction of sp³-hybridized carbons (Fsp3) is 0.429. The number of nitrogens with zero attached hydrogens (tertiary/aromatic N) is 8. The number of amides is 2. The van der Waals surface area contributed by atoms with Crippen molar-refractivity contribution in [1.82, 2.24) is 43.0 Å². The quantitative estimate of drug-likeness (QED) is 0.0973. The SMILES string of the molecule is CCOC(=O)N1CCC(S(=O)(=O)N2Cc3cnc(C(=O)c4ccccc4)cc3C2)CC1.CCOC(=O)N1CCC(S(=O)(=O)N2Cc3cnc(C(O)c4ccccc4)cc3C2)CC1.O=S(=O)(C1CCNCC1)N1Cc2cnc(C(O)c3ccccc3)cc2C1. The van der Waals surface area contributed by atoms with E-state index >= 15 is 0 Å². The van der Waals surface area contributed by atoms with Crippen molar-refractivity contribution in [2.24, 2.45) is 0 Å². The Kier molecular flexibility index (Phi) is 20.5. The van der Waals surface area contributed by atoms with Gasteiger partial charge in [0.05, 0.1) is 40.4 Å². The van der Waals surface area contributed by atoms with Gasteiger partial charge in [0.1, 0.15) is 17.9 Å². The summed E-state index contributed by atoms with van der Waals surface area (Å²) in [7, 11) is -10.4. The first-order valence-electron chi connectivity index (χ1n) is 29.9. The highest BCUT2D eigenvalue weighted by molar-refractivity contribution is 7.90. The number of hydrogen-bond donors (Lipinski definition) is 3. The summed E-state index contributed by atoms with van der Waals surface area (Å²) in [6, 6.07) is 32.8.